The standard InChI is InChI=1S/C12H16N2O2S/c1-4-9-6-8(3)14-11(10(9)7-13)17-12(15)16-5-2/h6,8,10H,4-5H2,1-3H3. The van der Waals surface area contributed by atoms with Gasteiger partial charge >= 0.3 is 5.30 Å². The Morgan fingerprint density at radius 3 is 2.88 bits per heavy atom. The van der Waals surface area contributed by atoms with Gasteiger partial charge in [0.05, 0.1) is 18.7 Å². The van der Waals surface area contributed by atoms with Gasteiger partial charge in [0.25, 0.3) is 0 Å². The molecule has 0 saturated carbocycles. The number of hydrogen-bond acceptors (Lipinski definition) is 5. The van der Waals surface area contributed by atoms with Crippen molar-refractivity contribution in [3.8, 4) is 6.07 Å². The van der Waals surface area contributed by atoms with Crippen LogP contribution in [0, 0.1) is 17.2 Å². The number of rotatable bonds is 2. The molecule has 0 saturated heterocycles. The van der Waals surface area contributed by atoms with Crippen molar-refractivity contribution in [1.29, 1.82) is 5.26 Å². The molecule has 0 spiro atoms. The Bertz CT molecular complexity index is 396. The molecule has 0 aromatic rings. The van der Waals surface area contributed by atoms with Gasteiger partial charge in [0.2, 0.25) is 0 Å². The Balaban J connectivity index is 2.83. The van der Waals surface area contributed by atoms with Gasteiger partial charge in [-0.2, -0.15) is 5.26 Å². The fraction of sp³-hybridized carbons (Fsp3) is 0.583. The van der Waals surface area contributed by atoms with Gasteiger partial charge in [0, 0.05) is 11.8 Å². The molecule has 4 nitrogen and oxygen atoms in total. The van der Waals surface area contributed by atoms with Gasteiger partial charge in [0.1, 0.15) is 11.0 Å². The summed E-state index contributed by atoms with van der Waals surface area (Å²) in [5.41, 5.74) is 1.03. The van der Waals surface area contributed by atoms with Crippen molar-refractivity contribution in [2.45, 2.75) is 33.2 Å². The average Bonchev–Trinajstić information content (AvgIpc) is 2.28. The van der Waals surface area contributed by atoms with Gasteiger partial charge in [-0.25, -0.2) is 4.79 Å². The maximum Gasteiger partial charge on any atom is 0.373 e. The summed E-state index contributed by atoms with van der Waals surface area (Å²) >= 11 is 0.926. The van der Waals surface area contributed by atoms with E-state index in [2.05, 4.69) is 11.1 Å². The van der Waals surface area contributed by atoms with Crippen LogP contribution >= 0.6 is 11.8 Å². The molecule has 92 valence electrons. The molecule has 0 aromatic carbocycles. The molecule has 0 radical (unpaired) electrons. The molecule has 0 aliphatic carbocycles. The largest absolute Gasteiger partial charge is 0.458 e. The van der Waals surface area contributed by atoms with E-state index in [0.717, 1.165) is 23.8 Å². The molecule has 5 heteroatoms. The number of aliphatic imine (C=N–C) groups is 1. The minimum Gasteiger partial charge on any atom is -0.458 e. The molecule has 2 unspecified atom stereocenters. The third-order valence-corrected chi connectivity index (χ3v) is 3.23. The lowest BCUT2D eigenvalue weighted by Crippen LogP contribution is -2.21. The third kappa shape index (κ3) is 3.60. The molecule has 17 heavy (non-hydrogen) atoms. The normalized spacial score (nSPS) is 23.4. The van der Waals surface area contributed by atoms with Crippen molar-refractivity contribution in [1.82, 2.24) is 0 Å². The predicted molar refractivity (Wildman–Crippen MR) is 69.0 cm³/mol. The van der Waals surface area contributed by atoms with Crippen LogP contribution in [0.4, 0.5) is 4.79 Å². The van der Waals surface area contributed by atoms with Gasteiger partial charge in [0.15, 0.2) is 0 Å². The molecular formula is C12H16N2O2S. The highest BCUT2D eigenvalue weighted by Gasteiger charge is 2.27. The molecule has 1 rings (SSSR count). The molecule has 0 fully saturated rings. The summed E-state index contributed by atoms with van der Waals surface area (Å²) in [5.74, 6) is -0.398. The van der Waals surface area contributed by atoms with Gasteiger partial charge in [-0.15, -0.1) is 0 Å². The van der Waals surface area contributed by atoms with Crippen LogP contribution < -0.4 is 0 Å². The number of dihydropyridines is 1. The monoisotopic (exact) mass is 252 g/mol. The average molecular weight is 252 g/mol. The summed E-state index contributed by atoms with van der Waals surface area (Å²) in [5, 5.41) is 9.32. The van der Waals surface area contributed by atoms with E-state index in [1.54, 1.807) is 6.92 Å². The molecule has 0 aromatic heterocycles. The van der Waals surface area contributed by atoms with Crippen LogP contribution in [-0.4, -0.2) is 23.0 Å². The van der Waals surface area contributed by atoms with Gasteiger partial charge in [-0.3, -0.25) is 4.99 Å². The summed E-state index contributed by atoms with van der Waals surface area (Å²) in [6.07, 6.45) is 2.79. The molecule has 1 aliphatic heterocycles. The van der Waals surface area contributed by atoms with Crippen LogP contribution in [0.15, 0.2) is 16.6 Å². The second-order valence-corrected chi connectivity index (χ2v) is 4.61. The SMILES string of the molecule is CCOC(=O)SC1=NC(C)C=C(CC)C1C#N. The van der Waals surface area contributed by atoms with Crippen molar-refractivity contribution in [3.63, 3.8) is 0 Å². The quantitative estimate of drug-likeness (QED) is 0.559. The van der Waals surface area contributed by atoms with Gasteiger partial charge < -0.3 is 4.74 Å². The lowest BCUT2D eigenvalue weighted by molar-refractivity contribution is 0.182. The van der Waals surface area contributed by atoms with Crippen molar-refractivity contribution < 1.29 is 9.53 Å². The lowest BCUT2D eigenvalue weighted by atomic mass is 9.95. The van der Waals surface area contributed by atoms with Crippen LogP contribution in [0.1, 0.15) is 27.2 Å². The minimum absolute atomic E-state index is 0.0199. The van der Waals surface area contributed by atoms with E-state index in [0.29, 0.717) is 11.7 Å². The number of nitrogens with zero attached hydrogens (tertiary/aromatic N) is 2. The molecular weight excluding hydrogens is 236 g/mol. The van der Waals surface area contributed by atoms with E-state index in [4.69, 9.17) is 10.00 Å². The smallest absolute Gasteiger partial charge is 0.373 e. The summed E-state index contributed by atoms with van der Waals surface area (Å²) in [6.45, 7) is 6.03. The Morgan fingerprint density at radius 1 is 1.65 bits per heavy atom. The first-order valence-corrected chi connectivity index (χ1v) is 6.46. The predicted octanol–water partition coefficient (Wildman–Crippen LogP) is 3.15. The number of carbonyl (C=O) groups is 1. The molecule has 1 heterocycles. The topological polar surface area (TPSA) is 62.4 Å². The maximum atomic E-state index is 11.4. The second kappa shape index (κ2) is 6.45. The Morgan fingerprint density at radius 2 is 2.35 bits per heavy atom. The van der Waals surface area contributed by atoms with E-state index in [9.17, 15) is 4.79 Å². The van der Waals surface area contributed by atoms with Crippen molar-refractivity contribution >= 4 is 22.1 Å². The molecule has 2 atom stereocenters. The number of thioether (sulfide) groups is 1. The number of hydrogen-bond donors (Lipinski definition) is 0. The Labute approximate surface area is 106 Å². The first-order chi connectivity index (χ1) is 8.12. The zero-order chi connectivity index (χ0) is 12.8. The van der Waals surface area contributed by atoms with Crippen molar-refractivity contribution in [3.05, 3.63) is 11.6 Å². The summed E-state index contributed by atoms with van der Waals surface area (Å²) < 4.78 is 4.86. The fourth-order valence-electron chi connectivity index (χ4n) is 1.66. The summed E-state index contributed by atoms with van der Waals surface area (Å²) in [4.78, 5) is 15.7. The minimum atomic E-state index is -0.398. The van der Waals surface area contributed by atoms with E-state index in [1.165, 1.54) is 0 Å². The highest BCUT2D eigenvalue weighted by atomic mass is 32.2. The second-order valence-electron chi connectivity index (χ2n) is 3.65. The highest BCUT2D eigenvalue weighted by Crippen LogP contribution is 2.28. The van der Waals surface area contributed by atoms with E-state index < -0.39 is 11.2 Å². The van der Waals surface area contributed by atoms with Crippen molar-refractivity contribution in [2.24, 2.45) is 10.9 Å². The Hall–Kier alpha value is -1.28. The number of allylic oxidation sites excluding steroid dienone is 1. The number of nitriles is 1. The molecule has 0 bridgehead atoms. The first-order valence-electron chi connectivity index (χ1n) is 5.64. The van der Waals surface area contributed by atoms with Gasteiger partial charge in [-0.05, 0) is 25.8 Å². The highest BCUT2D eigenvalue weighted by molar-refractivity contribution is 8.26. The molecule has 0 N–H and O–H groups in total. The van der Waals surface area contributed by atoms with Crippen LogP contribution in [0.3, 0.4) is 0 Å². The summed E-state index contributed by atoms with van der Waals surface area (Å²) in [6, 6.07) is 2.22. The van der Waals surface area contributed by atoms with Crippen LogP contribution in [0.25, 0.3) is 0 Å². The maximum absolute atomic E-state index is 11.4. The zero-order valence-corrected chi connectivity index (χ0v) is 11.1. The number of ether oxygens (including phenoxy) is 1. The van der Waals surface area contributed by atoms with Crippen LogP contribution in [0.2, 0.25) is 0 Å². The molecule has 1 aliphatic rings. The van der Waals surface area contributed by atoms with Crippen molar-refractivity contribution in [2.75, 3.05) is 6.61 Å². The lowest BCUT2D eigenvalue weighted by Gasteiger charge is -2.21. The fourth-order valence-corrected chi connectivity index (χ4v) is 2.54. The van der Waals surface area contributed by atoms with E-state index >= 15 is 0 Å². The summed E-state index contributed by atoms with van der Waals surface area (Å²) in [7, 11) is 0. The van der Waals surface area contributed by atoms with Gasteiger partial charge in [-0.1, -0.05) is 13.0 Å². The van der Waals surface area contributed by atoms with Crippen LogP contribution in [0.5, 0.6) is 0 Å². The first kappa shape index (κ1) is 13.8. The Kier molecular flexibility index (Phi) is 5.23. The van der Waals surface area contributed by atoms with E-state index in [1.807, 2.05) is 19.9 Å². The van der Waals surface area contributed by atoms with Crippen LogP contribution in [-0.2, 0) is 4.74 Å². The number of carbonyl (C=O) groups excluding carboxylic acids is 1. The van der Waals surface area contributed by atoms with E-state index in [-0.39, 0.29) is 6.04 Å². The third-order valence-electron chi connectivity index (χ3n) is 2.39. The molecule has 0 amide bonds. The zero-order valence-electron chi connectivity index (χ0n) is 10.3.